The van der Waals surface area contributed by atoms with Crippen molar-refractivity contribution in [1.29, 1.82) is 0 Å². The summed E-state index contributed by atoms with van der Waals surface area (Å²) < 4.78 is 23.1. The van der Waals surface area contributed by atoms with Crippen LogP contribution in [0.4, 0.5) is 0 Å². The zero-order valence-corrected chi connectivity index (χ0v) is 15.2. The fourth-order valence-electron chi connectivity index (χ4n) is 2.89. The Kier molecular flexibility index (Phi) is 8.88. The Morgan fingerprint density at radius 3 is 1.74 bits per heavy atom. The highest BCUT2D eigenvalue weighted by Gasteiger charge is 2.36. The van der Waals surface area contributed by atoms with Gasteiger partial charge < -0.3 is 18.9 Å². The third kappa shape index (κ3) is 8.48. The predicted octanol–water partition coefficient (Wildman–Crippen LogP) is 4.45. The summed E-state index contributed by atoms with van der Waals surface area (Å²) in [6.45, 7) is 7.51. The Morgan fingerprint density at radius 2 is 1.22 bits per heavy atom. The van der Waals surface area contributed by atoms with Crippen LogP contribution in [0.2, 0.25) is 0 Å². The van der Waals surface area contributed by atoms with Crippen molar-refractivity contribution in [2.45, 2.75) is 96.1 Å². The molecule has 0 saturated carbocycles. The van der Waals surface area contributed by atoms with E-state index in [1.54, 1.807) is 0 Å². The van der Waals surface area contributed by atoms with Gasteiger partial charge in [0.1, 0.15) is 12.2 Å². The van der Waals surface area contributed by atoms with Crippen molar-refractivity contribution >= 4 is 0 Å². The zero-order valence-electron chi connectivity index (χ0n) is 15.2. The van der Waals surface area contributed by atoms with Gasteiger partial charge in [0, 0.05) is 12.8 Å². The van der Waals surface area contributed by atoms with Gasteiger partial charge >= 0.3 is 0 Å². The topological polar surface area (TPSA) is 43.5 Å². The molecule has 0 aromatic heterocycles. The van der Waals surface area contributed by atoms with E-state index >= 15 is 0 Å². The van der Waals surface area contributed by atoms with Crippen molar-refractivity contribution in [3.8, 4) is 0 Å². The quantitative estimate of drug-likeness (QED) is 0.238. The fourth-order valence-corrected chi connectivity index (χ4v) is 2.89. The first-order valence-electron chi connectivity index (χ1n) is 9.79. The smallest absolute Gasteiger partial charge is 0.168 e. The summed E-state index contributed by atoms with van der Waals surface area (Å²) >= 11 is 0. The van der Waals surface area contributed by atoms with Crippen molar-refractivity contribution in [3.05, 3.63) is 0 Å². The van der Waals surface area contributed by atoms with Crippen LogP contribution in [0.1, 0.15) is 78.1 Å². The summed E-state index contributed by atoms with van der Waals surface area (Å²) in [5.41, 5.74) is 0. The Balaban J connectivity index is 1.77. The fraction of sp³-hybridized carbons (Fsp3) is 1.00. The van der Waals surface area contributed by atoms with Gasteiger partial charge in [-0.15, -0.1) is 0 Å². The van der Waals surface area contributed by atoms with Gasteiger partial charge in [0.25, 0.3) is 0 Å². The van der Waals surface area contributed by atoms with Crippen LogP contribution in [-0.4, -0.2) is 44.4 Å². The summed E-state index contributed by atoms with van der Waals surface area (Å²) in [7, 11) is 0. The first-order valence-corrected chi connectivity index (χ1v) is 9.79. The molecule has 0 aromatic rings. The minimum atomic E-state index is -0.418. The molecule has 0 radical (unpaired) electrons. The maximum atomic E-state index is 6.26. The second-order valence-electron chi connectivity index (χ2n) is 7.06. The molecule has 23 heavy (non-hydrogen) atoms. The lowest BCUT2D eigenvalue weighted by atomic mass is 10.00. The van der Waals surface area contributed by atoms with E-state index in [4.69, 9.17) is 18.9 Å². The molecule has 0 amide bonds. The Hall–Kier alpha value is -0.160. The van der Waals surface area contributed by atoms with E-state index in [-0.39, 0.29) is 0 Å². The van der Waals surface area contributed by atoms with Crippen molar-refractivity contribution in [3.63, 3.8) is 0 Å². The van der Waals surface area contributed by atoms with Crippen molar-refractivity contribution < 1.29 is 18.9 Å². The van der Waals surface area contributed by atoms with Gasteiger partial charge in [0.2, 0.25) is 0 Å². The molecule has 136 valence electrons. The van der Waals surface area contributed by atoms with Gasteiger partial charge in [-0.05, 0) is 12.8 Å². The predicted molar refractivity (Wildman–Crippen MR) is 91.6 cm³/mol. The molecule has 4 nitrogen and oxygen atoms in total. The third-order valence-electron chi connectivity index (χ3n) is 4.69. The van der Waals surface area contributed by atoms with Crippen LogP contribution in [-0.2, 0) is 18.9 Å². The van der Waals surface area contributed by atoms with Crippen LogP contribution >= 0.6 is 0 Å². The Morgan fingerprint density at radius 1 is 0.739 bits per heavy atom. The molecule has 2 aliphatic rings. The first-order chi connectivity index (χ1) is 11.3. The van der Waals surface area contributed by atoms with Crippen LogP contribution in [0, 0.1) is 0 Å². The third-order valence-corrected chi connectivity index (χ3v) is 4.69. The minimum Gasteiger partial charge on any atom is -0.371 e. The highest BCUT2D eigenvalue weighted by Crippen LogP contribution is 2.31. The number of unbranched alkanes of at least 4 members (excludes halogenated alkanes) is 6. The number of hydrogen-bond acceptors (Lipinski definition) is 4. The average Bonchev–Trinajstić information content (AvgIpc) is 3.46. The van der Waals surface area contributed by atoms with Crippen LogP contribution in [0.3, 0.4) is 0 Å². The normalized spacial score (nSPS) is 25.3. The van der Waals surface area contributed by atoms with E-state index < -0.39 is 5.79 Å². The molecule has 2 fully saturated rings. The molecule has 0 spiro atoms. The molecule has 2 saturated heterocycles. The SMILES string of the molecule is CCCCCCCCC(CCCC)(OCC1CO1)OCC1CO1. The van der Waals surface area contributed by atoms with Gasteiger partial charge in [0.05, 0.1) is 26.4 Å². The average molecular weight is 328 g/mol. The summed E-state index contributed by atoms with van der Waals surface area (Å²) in [6.07, 6.45) is 12.7. The molecule has 0 bridgehead atoms. The number of ether oxygens (including phenoxy) is 4. The van der Waals surface area contributed by atoms with Crippen LogP contribution in [0.5, 0.6) is 0 Å². The van der Waals surface area contributed by atoms with Crippen molar-refractivity contribution in [2.24, 2.45) is 0 Å². The van der Waals surface area contributed by atoms with Gasteiger partial charge in [-0.1, -0.05) is 52.4 Å². The Bertz CT molecular complexity index is 284. The molecule has 2 atom stereocenters. The van der Waals surface area contributed by atoms with Gasteiger partial charge in [-0.25, -0.2) is 0 Å². The number of rotatable bonds is 16. The second-order valence-corrected chi connectivity index (χ2v) is 7.06. The number of epoxide rings is 2. The first kappa shape index (κ1) is 19.2. The highest BCUT2D eigenvalue weighted by molar-refractivity contribution is 4.77. The summed E-state index contributed by atoms with van der Waals surface area (Å²) in [6, 6.07) is 0. The van der Waals surface area contributed by atoms with Gasteiger partial charge in [-0.3, -0.25) is 0 Å². The van der Waals surface area contributed by atoms with Crippen molar-refractivity contribution in [2.75, 3.05) is 26.4 Å². The lowest BCUT2D eigenvalue weighted by molar-refractivity contribution is -0.249. The molecule has 2 rings (SSSR count). The van der Waals surface area contributed by atoms with E-state index in [0.29, 0.717) is 25.4 Å². The molecular weight excluding hydrogens is 292 g/mol. The maximum Gasteiger partial charge on any atom is 0.168 e. The summed E-state index contributed by atoms with van der Waals surface area (Å²) in [5, 5.41) is 0. The van der Waals surface area contributed by atoms with Gasteiger partial charge in [0.15, 0.2) is 5.79 Å². The summed E-state index contributed by atoms with van der Waals surface area (Å²) in [5.74, 6) is -0.418. The lowest BCUT2D eigenvalue weighted by Gasteiger charge is -2.34. The van der Waals surface area contributed by atoms with Crippen molar-refractivity contribution in [1.82, 2.24) is 0 Å². The second kappa shape index (κ2) is 10.7. The summed E-state index contributed by atoms with van der Waals surface area (Å²) in [4.78, 5) is 0. The zero-order chi connectivity index (χ0) is 16.4. The van der Waals surface area contributed by atoms with Crippen LogP contribution < -0.4 is 0 Å². The molecule has 0 aromatic carbocycles. The van der Waals surface area contributed by atoms with E-state index in [1.165, 1.54) is 44.9 Å². The lowest BCUT2D eigenvalue weighted by Crippen LogP contribution is -2.38. The molecule has 2 aliphatic heterocycles. The van der Waals surface area contributed by atoms with E-state index in [0.717, 1.165) is 32.5 Å². The van der Waals surface area contributed by atoms with E-state index in [2.05, 4.69) is 13.8 Å². The Labute approximate surface area is 142 Å². The minimum absolute atomic E-state index is 0.293. The molecule has 0 aliphatic carbocycles. The standard InChI is InChI=1S/C19H36O4/c1-3-5-7-8-9-10-12-19(11-6-4-2,22-15-17-13-20-17)23-16-18-14-21-18/h17-18H,3-16H2,1-2H3. The van der Waals surface area contributed by atoms with Crippen LogP contribution in [0.15, 0.2) is 0 Å². The van der Waals surface area contributed by atoms with E-state index in [9.17, 15) is 0 Å². The van der Waals surface area contributed by atoms with E-state index in [1.807, 2.05) is 0 Å². The van der Waals surface area contributed by atoms with Crippen LogP contribution in [0.25, 0.3) is 0 Å². The highest BCUT2D eigenvalue weighted by atomic mass is 16.7. The number of hydrogen-bond donors (Lipinski definition) is 0. The molecular formula is C19H36O4. The maximum absolute atomic E-state index is 6.26. The molecule has 2 unspecified atom stereocenters. The largest absolute Gasteiger partial charge is 0.371 e. The van der Waals surface area contributed by atoms with Gasteiger partial charge in [-0.2, -0.15) is 0 Å². The monoisotopic (exact) mass is 328 g/mol. The molecule has 4 heteroatoms. The molecule has 2 heterocycles. The molecule has 0 N–H and O–H groups in total.